The van der Waals surface area contributed by atoms with E-state index in [1.165, 1.54) is 0 Å². The number of nitrogens with one attached hydrogen (secondary N) is 2. The molecule has 106 valence electrons. The Labute approximate surface area is 114 Å². The quantitative estimate of drug-likeness (QED) is 0.702. The van der Waals surface area contributed by atoms with Crippen LogP contribution in [0.15, 0.2) is 24.3 Å². The van der Waals surface area contributed by atoms with Gasteiger partial charge in [0.2, 0.25) is 5.91 Å². The number of hydrogen-bond acceptors (Lipinski definition) is 4. The van der Waals surface area contributed by atoms with E-state index >= 15 is 0 Å². The highest BCUT2D eigenvalue weighted by molar-refractivity contribution is 5.92. The molecule has 0 bridgehead atoms. The molecule has 1 amide bonds. The van der Waals surface area contributed by atoms with Crippen LogP contribution in [0.1, 0.15) is 13.8 Å². The molecule has 5 heteroatoms. The predicted molar refractivity (Wildman–Crippen MR) is 75.6 cm³/mol. The Kier molecular flexibility index (Phi) is 6.92. The van der Waals surface area contributed by atoms with Gasteiger partial charge in [0, 0.05) is 24.9 Å². The van der Waals surface area contributed by atoms with E-state index in [4.69, 9.17) is 9.47 Å². The third kappa shape index (κ3) is 6.79. The molecule has 1 aromatic rings. The van der Waals surface area contributed by atoms with Gasteiger partial charge >= 0.3 is 0 Å². The average molecular weight is 266 g/mol. The Hall–Kier alpha value is -1.59. The van der Waals surface area contributed by atoms with Gasteiger partial charge in [0.25, 0.3) is 0 Å². The summed E-state index contributed by atoms with van der Waals surface area (Å²) in [5, 5.41) is 5.88. The standard InChI is InChI=1S/C14H22N2O3/c1-11(2)15-10-14(17)16-12-5-4-6-13(9-12)19-8-7-18-3/h4-6,9,11,15H,7-8,10H2,1-3H3,(H,16,17). The lowest BCUT2D eigenvalue weighted by molar-refractivity contribution is -0.115. The molecule has 2 N–H and O–H groups in total. The zero-order valence-corrected chi connectivity index (χ0v) is 11.7. The van der Waals surface area contributed by atoms with Crippen molar-refractivity contribution in [3.63, 3.8) is 0 Å². The Bertz CT molecular complexity index is 394. The van der Waals surface area contributed by atoms with Gasteiger partial charge in [-0.25, -0.2) is 0 Å². The molecule has 0 radical (unpaired) electrons. The maximum absolute atomic E-state index is 11.7. The van der Waals surface area contributed by atoms with Crippen molar-refractivity contribution in [3.05, 3.63) is 24.3 Å². The smallest absolute Gasteiger partial charge is 0.238 e. The van der Waals surface area contributed by atoms with Crippen LogP contribution in [-0.2, 0) is 9.53 Å². The highest BCUT2D eigenvalue weighted by Crippen LogP contribution is 2.17. The van der Waals surface area contributed by atoms with Gasteiger partial charge in [0.15, 0.2) is 0 Å². The SMILES string of the molecule is COCCOc1cccc(NC(=O)CNC(C)C)c1. The Morgan fingerprint density at radius 2 is 2.11 bits per heavy atom. The Morgan fingerprint density at radius 3 is 2.79 bits per heavy atom. The topological polar surface area (TPSA) is 59.6 Å². The fraction of sp³-hybridized carbons (Fsp3) is 0.500. The van der Waals surface area contributed by atoms with E-state index in [0.29, 0.717) is 25.5 Å². The third-order valence-corrected chi connectivity index (χ3v) is 2.34. The van der Waals surface area contributed by atoms with E-state index in [2.05, 4.69) is 10.6 Å². The summed E-state index contributed by atoms with van der Waals surface area (Å²) in [6, 6.07) is 7.60. The number of ether oxygens (including phenoxy) is 2. The lowest BCUT2D eigenvalue weighted by Gasteiger charge is -2.10. The number of benzene rings is 1. The molecular weight excluding hydrogens is 244 g/mol. The molecule has 5 nitrogen and oxygen atoms in total. The summed E-state index contributed by atoms with van der Waals surface area (Å²) in [4.78, 5) is 11.7. The molecule has 0 saturated carbocycles. The Morgan fingerprint density at radius 1 is 1.32 bits per heavy atom. The zero-order valence-electron chi connectivity index (χ0n) is 11.7. The highest BCUT2D eigenvalue weighted by atomic mass is 16.5. The molecule has 0 heterocycles. The summed E-state index contributed by atoms with van der Waals surface area (Å²) in [5.41, 5.74) is 0.727. The van der Waals surface area contributed by atoms with Gasteiger partial charge in [-0.1, -0.05) is 19.9 Å². The van der Waals surface area contributed by atoms with Crippen molar-refractivity contribution in [1.82, 2.24) is 5.32 Å². The molecule has 0 spiro atoms. The summed E-state index contributed by atoms with van der Waals surface area (Å²) in [6.07, 6.45) is 0. The van der Waals surface area contributed by atoms with Gasteiger partial charge in [0.05, 0.1) is 13.2 Å². The first-order valence-electron chi connectivity index (χ1n) is 6.37. The second-order valence-electron chi connectivity index (χ2n) is 4.45. The minimum Gasteiger partial charge on any atom is -0.491 e. The molecule has 0 aliphatic carbocycles. The van der Waals surface area contributed by atoms with Crippen LogP contribution in [0, 0.1) is 0 Å². The normalized spacial score (nSPS) is 10.5. The first-order chi connectivity index (χ1) is 9.11. The number of rotatable bonds is 8. The molecule has 0 atom stereocenters. The Balaban J connectivity index is 2.45. The number of carbonyl (C=O) groups excluding carboxylic acids is 1. The molecule has 0 fully saturated rings. The summed E-state index contributed by atoms with van der Waals surface area (Å²) in [6.45, 7) is 5.32. The lowest BCUT2D eigenvalue weighted by atomic mass is 10.3. The van der Waals surface area contributed by atoms with E-state index in [-0.39, 0.29) is 11.9 Å². The maximum atomic E-state index is 11.7. The van der Waals surface area contributed by atoms with Crippen LogP contribution in [0.3, 0.4) is 0 Å². The van der Waals surface area contributed by atoms with Crippen molar-refractivity contribution in [1.29, 1.82) is 0 Å². The van der Waals surface area contributed by atoms with Gasteiger partial charge < -0.3 is 20.1 Å². The van der Waals surface area contributed by atoms with Crippen LogP contribution in [-0.4, -0.2) is 38.8 Å². The van der Waals surface area contributed by atoms with E-state index in [9.17, 15) is 4.79 Å². The van der Waals surface area contributed by atoms with Gasteiger partial charge in [-0.05, 0) is 12.1 Å². The molecule has 0 saturated heterocycles. The van der Waals surface area contributed by atoms with E-state index in [1.54, 1.807) is 13.2 Å². The van der Waals surface area contributed by atoms with Gasteiger partial charge in [0.1, 0.15) is 12.4 Å². The molecule has 0 aromatic heterocycles. The van der Waals surface area contributed by atoms with E-state index in [0.717, 1.165) is 5.69 Å². The van der Waals surface area contributed by atoms with Gasteiger partial charge in [-0.15, -0.1) is 0 Å². The van der Waals surface area contributed by atoms with Gasteiger partial charge in [-0.2, -0.15) is 0 Å². The molecule has 1 rings (SSSR count). The van der Waals surface area contributed by atoms with Crippen LogP contribution in [0.25, 0.3) is 0 Å². The largest absolute Gasteiger partial charge is 0.491 e. The second kappa shape index (κ2) is 8.50. The first-order valence-corrected chi connectivity index (χ1v) is 6.37. The van der Waals surface area contributed by atoms with Crippen LogP contribution in [0.2, 0.25) is 0 Å². The lowest BCUT2D eigenvalue weighted by Crippen LogP contribution is -2.32. The van der Waals surface area contributed by atoms with Crippen LogP contribution >= 0.6 is 0 Å². The summed E-state index contributed by atoms with van der Waals surface area (Å²) in [5.74, 6) is 0.648. The van der Waals surface area contributed by atoms with Crippen molar-refractivity contribution >= 4 is 11.6 Å². The van der Waals surface area contributed by atoms with Crippen molar-refractivity contribution in [3.8, 4) is 5.75 Å². The van der Waals surface area contributed by atoms with Crippen LogP contribution < -0.4 is 15.4 Å². The van der Waals surface area contributed by atoms with E-state index < -0.39 is 0 Å². The summed E-state index contributed by atoms with van der Waals surface area (Å²) >= 11 is 0. The number of amides is 1. The second-order valence-corrected chi connectivity index (χ2v) is 4.45. The van der Waals surface area contributed by atoms with Crippen molar-refractivity contribution in [2.24, 2.45) is 0 Å². The van der Waals surface area contributed by atoms with Crippen LogP contribution in [0.5, 0.6) is 5.75 Å². The molecular formula is C14H22N2O3. The number of carbonyl (C=O) groups is 1. The molecule has 0 unspecified atom stereocenters. The van der Waals surface area contributed by atoms with Crippen molar-refractivity contribution in [2.45, 2.75) is 19.9 Å². The monoisotopic (exact) mass is 266 g/mol. The number of hydrogen-bond donors (Lipinski definition) is 2. The van der Waals surface area contributed by atoms with Crippen LogP contribution in [0.4, 0.5) is 5.69 Å². The maximum Gasteiger partial charge on any atom is 0.238 e. The summed E-state index contributed by atoms with van der Waals surface area (Å²) < 4.78 is 10.4. The third-order valence-electron chi connectivity index (χ3n) is 2.34. The number of methoxy groups -OCH3 is 1. The predicted octanol–water partition coefficient (Wildman–Crippen LogP) is 1.65. The fourth-order valence-electron chi connectivity index (χ4n) is 1.41. The molecule has 0 aliphatic heterocycles. The van der Waals surface area contributed by atoms with E-state index in [1.807, 2.05) is 32.0 Å². The molecule has 0 aliphatic rings. The van der Waals surface area contributed by atoms with Crippen molar-refractivity contribution in [2.75, 3.05) is 32.2 Å². The zero-order chi connectivity index (χ0) is 14.1. The highest BCUT2D eigenvalue weighted by Gasteiger charge is 2.04. The minimum absolute atomic E-state index is 0.0669. The first kappa shape index (κ1) is 15.5. The van der Waals surface area contributed by atoms with Gasteiger partial charge in [-0.3, -0.25) is 4.79 Å². The fourth-order valence-corrected chi connectivity index (χ4v) is 1.41. The molecule has 19 heavy (non-hydrogen) atoms. The number of anilines is 1. The molecule has 1 aromatic carbocycles. The van der Waals surface area contributed by atoms with Crippen molar-refractivity contribution < 1.29 is 14.3 Å². The minimum atomic E-state index is -0.0669. The summed E-state index contributed by atoms with van der Waals surface area (Å²) in [7, 11) is 1.63. The average Bonchev–Trinajstić information content (AvgIpc) is 2.37.